The molecule has 1 aliphatic heterocycles. The van der Waals surface area contributed by atoms with Crippen LogP contribution in [0.2, 0.25) is 5.02 Å². The fourth-order valence-corrected chi connectivity index (χ4v) is 3.60. The maximum atomic E-state index is 12.3. The Labute approximate surface area is 156 Å². The number of aromatic amines is 1. The number of benzene rings is 2. The van der Waals surface area contributed by atoms with Crippen molar-refractivity contribution in [3.8, 4) is 11.3 Å². The zero-order valence-corrected chi connectivity index (χ0v) is 15.2. The van der Waals surface area contributed by atoms with E-state index in [0.29, 0.717) is 23.7 Å². The summed E-state index contributed by atoms with van der Waals surface area (Å²) in [5.41, 5.74) is 5.60. The first kappa shape index (κ1) is 17.1. The molecule has 3 aromatic rings. The number of aromatic nitrogens is 1. The second kappa shape index (κ2) is 7.11. The normalized spacial score (nSPS) is 13.2. The molecule has 0 aliphatic carbocycles. The van der Waals surface area contributed by atoms with Crippen LogP contribution < -0.4 is 10.6 Å². The summed E-state index contributed by atoms with van der Waals surface area (Å²) in [4.78, 5) is 15.7. The molecule has 134 valence electrons. The lowest BCUT2D eigenvalue weighted by Crippen LogP contribution is -2.18. The number of methoxy groups -OCH3 is 1. The molecule has 1 amide bonds. The topological polar surface area (TPSA) is 66.1 Å². The van der Waals surface area contributed by atoms with E-state index in [-0.39, 0.29) is 5.91 Å². The number of H-pyrrole nitrogens is 1. The minimum absolute atomic E-state index is 0.0702. The van der Waals surface area contributed by atoms with E-state index < -0.39 is 0 Å². The molecule has 0 fully saturated rings. The maximum Gasteiger partial charge on any atom is 0.252 e. The summed E-state index contributed by atoms with van der Waals surface area (Å²) in [7, 11) is 1.70. The van der Waals surface area contributed by atoms with Crippen LogP contribution in [0.4, 0.5) is 0 Å². The number of nitrogens with one attached hydrogen (secondary N) is 3. The first-order valence-corrected chi connectivity index (χ1v) is 8.96. The Hall–Kier alpha value is -2.34. The Morgan fingerprint density at radius 3 is 2.96 bits per heavy atom. The molecule has 1 aliphatic rings. The number of rotatable bonds is 6. The molecule has 0 unspecified atom stereocenters. The van der Waals surface area contributed by atoms with Crippen LogP contribution in [0.15, 0.2) is 36.4 Å². The Morgan fingerprint density at radius 2 is 2.12 bits per heavy atom. The number of ether oxygens (including phenoxy) is 1. The SMILES string of the molecule is COCCNCc1ccc2[nH]c(-c3ccc(Cl)c4c3C(=O)NC4)cc2c1. The predicted octanol–water partition coefficient (Wildman–Crippen LogP) is 3.47. The summed E-state index contributed by atoms with van der Waals surface area (Å²) in [6.07, 6.45) is 0. The van der Waals surface area contributed by atoms with E-state index >= 15 is 0 Å². The van der Waals surface area contributed by atoms with Crippen molar-refractivity contribution in [2.45, 2.75) is 13.1 Å². The van der Waals surface area contributed by atoms with Crippen molar-refractivity contribution in [3.63, 3.8) is 0 Å². The van der Waals surface area contributed by atoms with Gasteiger partial charge in [0.15, 0.2) is 0 Å². The van der Waals surface area contributed by atoms with Gasteiger partial charge in [0.05, 0.1) is 12.2 Å². The van der Waals surface area contributed by atoms with Gasteiger partial charge in [-0.3, -0.25) is 4.79 Å². The highest BCUT2D eigenvalue weighted by Gasteiger charge is 2.26. The summed E-state index contributed by atoms with van der Waals surface area (Å²) >= 11 is 6.25. The molecule has 1 aromatic heterocycles. The van der Waals surface area contributed by atoms with E-state index in [4.69, 9.17) is 16.3 Å². The van der Waals surface area contributed by atoms with Gasteiger partial charge in [0.25, 0.3) is 5.91 Å². The second-order valence-electron chi connectivity index (χ2n) is 6.41. The van der Waals surface area contributed by atoms with Gasteiger partial charge in [-0.05, 0) is 29.8 Å². The molecule has 3 N–H and O–H groups in total. The maximum absolute atomic E-state index is 12.3. The van der Waals surface area contributed by atoms with Crippen molar-refractivity contribution in [3.05, 3.63) is 58.1 Å². The number of carbonyl (C=O) groups excluding carboxylic acids is 1. The van der Waals surface area contributed by atoms with E-state index in [9.17, 15) is 4.79 Å². The summed E-state index contributed by atoms with van der Waals surface area (Å²) < 4.78 is 5.05. The van der Waals surface area contributed by atoms with Gasteiger partial charge in [0.2, 0.25) is 0 Å². The van der Waals surface area contributed by atoms with E-state index in [1.54, 1.807) is 7.11 Å². The lowest BCUT2D eigenvalue weighted by molar-refractivity contribution is 0.0966. The average molecular weight is 370 g/mol. The van der Waals surface area contributed by atoms with Gasteiger partial charge < -0.3 is 20.4 Å². The highest BCUT2D eigenvalue weighted by molar-refractivity contribution is 6.32. The molecule has 2 aromatic carbocycles. The van der Waals surface area contributed by atoms with Crippen LogP contribution in [-0.4, -0.2) is 31.2 Å². The van der Waals surface area contributed by atoms with Crippen LogP contribution in [0.25, 0.3) is 22.2 Å². The minimum atomic E-state index is -0.0702. The van der Waals surface area contributed by atoms with Crippen LogP contribution in [0, 0.1) is 0 Å². The van der Waals surface area contributed by atoms with Gasteiger partial charge in [-0.1, -0.05) is 23.7 Å². The molecule has 0 atom stereocenters. The van der Waals surface area contributed by atoms with Crippen molar-refractivity contribution in [2.24, 2.45) is 0 Å². The summed E-state index contributed by atoms with van der Waals surface area (Å²) in [5.74, 6) is -0.0702. The average Bonchev–Trinajstić information content (AvgIpc) is 3.23. The molecule has 2 heterocycles. The van der Waals surface area contributed by atoms with Crippen LogP contribution in [0.1, 0.15) is 21.5 Å². The third-order valence-electron chi connectivity index (χ3n) is 4.70. The van der Waals surface area contributed by atoms with Crippen molar-refractivity contribution in [1.29, 1.82) is 0 Å². The molecule has 0 saturated heterocycles. The van der Waals surface area contributed by atoms with E-state index in [1.807, 2.05) is 12.1 Å². The van der Waals surface area contributed by atoms with Crippen LogP contribution in [0.5, 0.6) is 0 Å². The van der Waals surface area contributed by atoms with Gasteiger partial charge in [0.1, 0.15) is 0 Å². The lowest BCUT2D eigenvalue weighted by atomic mass is 10.0. The predicted molar refractivity (Wildman–Crippen MR) is 103 cm³/mol. The highest BCUT2D eigenvalue weighted by atomic mass is 35.5. The van der Waals surface area contributed by atoms with E-state index in [2.05, 4.69) is 39.9 Å². The van der Waals surface area contributed by atoms with Crippen molar-refractivity contribution in [1.82, 2.24) is 15.6 Å². The van der Waals surface area contributed by atoms with Gasteiger partial charge in [-0.2, -0.15) is 0 Å². The monoisotopic (exact) mass is 369 g/mol. The Morgan fingerprint density at radius 1 is 1.23 bits per heavy atom. The largest absolute Gasteiger partial charge is 0.383 e. The molecule has 6 heteroatoms. The van der Waals surface area contributed by atoms with E-state index in [1.165, 1.54) is 5.56 Å². The lowest BCUT2D eigenvalue weighted by Gasteiger charge is -2.06. The fourth-order valence-electron chi connectivity index (χ4n) is 3.38. The smallest absolute Gasteiger partial charge is 0.252 e. The molecule has 0 spiro atoms. The third-order valence-corrected chi connectivity index (χ3v) is 5.05. The third kappa shape index (κ3) is 3.09. The molecule has 0 radical (unpaired) electrons. The number of halogens is 1. The standard InChI is InChI=1S/C20H20ClN3O2/c1-26-7-6-22-10-12-2-5-17-13(8-12)9-18(24-17)14-3-4-16(21)15-11-23-20(25)19(14)15/h2-5,8-9,22,24H,6-7,10-11H2,1H3,(H,23,25). The Kier molecular flexibility index (Phi) is 4.68. The Balaban J connectivity index is 1.66. The Bertz CT molecular complexity index is 981. The van der Waals surface area contributed by atoms with Crippen molar-refractivity contribution >= 4 is 28.4 Å². The van der Waals surface area contributed by atoms with Crippen molar-refractivity contribution < 1.29 is 9.53 Å². The summed E-state index contributed by atoms with van der Waals surface area (Å²) in [6, 6.07) is 12.2. The molecule has 0 bridgehead atoms. The fraction of sp³-hybridized carbons (Fsp3) is 0.250. The molecule has 0 saturated carbocycles. The summed E-state index contributed by atoms with van der Waals surface area (Å²) in [6.45, 7) is 2.79. The number of carbonyl (C=O) groups is 1. The number of hydrogen-bond donors (Lipinski definition) is 3. The molecular weight excluding hydrogens is 350 g/mol. The van der Waals surface area contributed by atoms with Gasteiger partial charge in [-0.25, -0.2) is 0 Å². The zero-order chi connectivity index (χ0) is 18.1. The molecular formula is C20H20ClN3O2. The van der Waals surface area contributed by atoms with Crippen LogP contribution in [0.3, 0.4) is 0 Å². The quantitative estimate of drug-likeness (QED) is 0.583. The zero-order valence-electron chi connectivity index (χ0n) is 14.5. The van der Waals surface area contributed by atoms with Crippen LogP contribution in [-0.2, 0) is 17.8 Å². The summed E-state index contributed by atoms with van der Waals surface area (Å²) in [5, 5.41) is 7.95. The number of hydrogen-bond acceptors (Lipinski definition) is 3. The molecule has 26 heavy (non-hydrogen) atoms. The second-order valence-corrected chi connectivity index (χ2v) is 6.81. The van der Waals surface area contributed by atoms with Gasteiger partial charge >= 0.3 is 0 Å². The number of fused-ring (bicyclic) bond motifs is 2. The molecule has 4 rings (SSSR count). The first-order valence-electron chi connectivity index (χ1n) is 8.58. The molecule has 5 nitrogen and oxygen atoms in total. The van der Waals surface area contributed by atoms with Crippen LogP contribution >= 0.6 is 11.6 Å². The van der Waals surface area contributed by atoms with Gasteiger partial charge in [-0.15, -0.1) is 0 Å². The van der Waals surface area contributed by atoms with Crippen molar-refractivity contribution in [2.75, 3.05) is 20.3 Å². The van der Waals surface area contributed by atoms with E-state index in [0.717, 1.165) is 40.8 Å². The number of amides is 1. The van der Waals surface area contributed by atoms with Gasteiger partial charge in [0, 0.05) is 59.5 Å². The highest BCUT2D eigenvalue weighted by Crippen LogP contribution is 2.34. The first-order chi connectivity index (χ1) is 12.7. The minimum Gasteiger partial charge on any atom is -0.383 e.